The molecule has 1 aromatic rings. The fourth-order valence-electron chi connectivity index (χ4n) is 2.01. The molecule has 0 unspecified atom stereocenters. The van der Waals surface area contributed by atoms with Gasteiger partial charge in [-0.1, -0.05) is 0 Å². The average molecular weight is 267 g/mol. The lowest BCUT2D eigenvalue weighted by molar-refractivity contribution is -0.133. The molecule has 0 aliphatic carbocycles. The summed E-state index contributed by atoms with van der Waals surface area (Å²) < 4.78 is 10.7. The number of hydrogen-bond acceptors (Lipinski definition) is 4. The molecule has 0 atom stereocenters. The maximum absolute atomic E-state index is 11.4. The van der Waals surface area contributed by atoms with Crippen LogP contribution >= 0.6 is 0 Å². The van der Waals surface area contributed by atoms with Gasteiger partial charge in [-0.15, -0.1) is 0 Å². The number of ether oxygens (including phenoxy) is 2. The monoisotopic (exact) mass is 267 g/mol. The molecule has 1 rings (SSSR count). The number of carbonyl (C=O) groups is 1. The summed E-state index contributed by atoms with van der Waals surface area (Å²) in [6, 6.07) is 1.86. The number of methoxy groups -OCH3 is 2. The number of benzene rings is 1. The summed E-state index contributed by atoms with van der Waals surface area (Å²) in [7, 11) is 4.85. The topological polar surface area (TPSA) is 59.0 Å². The molecule has 1 amide bonds. The smallest absolute Gasteiger partial charge is 0.248 e. The normalized spacial score (nSPS) is 10.2. The number of aliphatic hydroxyl groups is 1. The van der Waals surface area contributed by atoms with E-state index in [9.17, 15) is 4.79 Å². The number of amides is 1. The third-order valence-corrected chi connectivity index (χ3v) is 3.26. The highest BCUT2D eigenvalue weighted by atomic mass is 16.5. The zero-order valence-electron chi connectivity index (χ0n) is 12.1. The molecule has 106 valence electrons. The van der Waals surface area contributed by atoms with Crippen LogP contribution < -0.4 is 9.47 Å². The summed E-state index contributed by atoms with van der Waals surface area (Å²) in [5.74, 6) is 1.17. The zero-order chi connectivity index (χ0) is 14.6. The first-order valence-corrected chi connectivity index (χ1v) is 6.02. The van der Waals surface area contributed by atoms with E-state index in [4.69, 9.17) is 14.6 Å². The van der Waals surface area contributed by atoms with Crippen LogP contribution in [0.25, 0.3) is 0 Å². The Morgan fingerprint density at radius 3 is 2.37 bits per heavy atom. The van der Waals surface area contributed by atoms with E-state index in [0.717, 1.165) is 28.2 Å². The van der Waals surface area contributed by atoms with Crippen LogP contribution in [0.2, 0.25) is 0 Å². The fourth-order valence-corrected chi connectivity index (χ4v) is 2.01. The molecule has 5 nitrogen and oxygen atoms in total. The van der Waals surface area contributed by atoms with E-state index in [1.165, 1.54) is 4.90 Å². The van der Waals surface area contributed by atoms with Crippen molar-refractivity contribution in [3.8, 4) is 11.5 Å². The van der Waals surface area contributed by atoms with Crippen molar-refractivity contribution < 1.29 is 19.4 Å². The van der Waals surface area contributed by atoms with Crippen LogP contribution in [0, 0.1) is 13.8 Å². The Hall–Kier alpha value is -1.75. The first kappa shape index (κ1) is 15.3. The highest BCUT2D eigenvalue weighted by molar-refractivity contribution is 5.77. The Morgan fingerprint density at radius 2 is 1.89 bits per heavy atom. The first-order chi connectivity index (χ1) is 8.96. The lowest BCUT2D eigenvalue weighted by Crippen LogP contribution is -2.28. The third-order valence-electron chi connectivity index (χ3n) is 3.26. The van der Waals surface area contributed by atoms with Crippen molar-refractivity contribution in [1.29, 1.82) is 0 Å². The van der Waals surface area contributed by atoms with Crippen molar-refractivity contribution in [1.82, 2.24) is 4.90 Å². The summed E-state index contributed by atoms with van der Waals surface area (Å²) in [4.78, 5) is 12.9. The highest BCUT2D eigenvalue weighted by Crippen LogP contribution is 2.33. The summed E-state index contributed by atoms with van der Waals surface area (Å²) in [5, 5.41) is 8.86. The van der Waals surface area contributed by atoms with Crippen molar-refractivity contribution in [3.63, 3.8) is 0 Å². The quantitative estimate of drug-likeness (QED) is 0.873. The van der Waals surface area contributed by atoms with Crippen molar-refractivity contribution in [2.24, 2.45) is 0 Å². The Labute approximate surface area is 113 Å². The molecule has 0 saturated heterocycles. The maximum Gasteiger partial charge on any atom is 0.248 e. The van der Waals surface area contributed by atoms with Gasteiger partial charge in [-0.3, -0.25) is 4.79 Å². The molecule has 19 heavy (non-hydrogen) atoms. The minimum absolute atomic E-state index is 0.334. The molecule has 0 fully saturated rings. The number of likely N-dealkylation sites (N-methyl/N-ethyl adjacent to an activating group) is 1. The molecule has 0 bridgehead atoms. The van der Waals surface area contributed by atoms with Crippen LogP contribution in [0.15, 0.2) is 6.07 Å². The first-order valence-electron chi connectivity index (χ1n) is 6.02. The van der Waals surface area contributed by atoms with Gasteiger partial charge in [0.2, 0.25) is 5.91 Å². The number of rotatable bonds is 5. The number of hydrogen-bond donors (Lipinski definition) is 1. The van der Waals surface area contributed by atoms with Crippen LogP contribution in [0.5, 0.6) is 11.5 Å². The fraction of sp³-hybridized carbons (Fsp3) is 0.500. The second kappa shape index (κ2) is 6.43. The van der Waals surface area contributed by atoms with Gasteiger partial charge in [0, 0.05) is 19.2 Å². The molecule has 0 spiro atoms. The van der Waals surface area contributed by atoms with Crippen LogP contribution in [0.3, 0.4) is 0 Å². The summed E-state index contributed by atoms with van der Waals surface area (Å²) in [6.45, 7) is 3.78. The van der Waals surface area contributed by atoms with Crippen LogP contribution in [-0.2, 0) is 11.3 Å². The van der Waals surface area contributed by atoms with E-state index in [1.54, 1.807) is 21.3 Å². The van der Waals surface area contributed by atoms with Crippen LogP contribution in [-0.4, -0.2) is 43.8 Å². The van der Waals surface area contributed by atoms with Crippen molar-refractivity contribution >= 4 is 5.91 Å². The molecule has 1 N–H and O–H groups in total. The van der Waals surface area contributed by atoms with Gasteiger partial charge in [-0.25, -0.2) is 0 Å². The standard InChI is InChI=1S/C14H21NO4/c1-9-10(2)14(19-5)11(6-12(9)18-4)7-15(3)13(17)8-16/h6,16H,7-8H2,1-5H3. The third kappa shape index (κ3) is 3.17. The van der Waals surface area contributed by atoms with Gasteiger partial charge in [0.25, 0.3) is 0 Å². The predicted octanol–water partition coefficient (Wildman–Crippen LogP) is 1.27. The molecule has 0 radical (unpaired) electrons. The molecule has 0 saturated carbocycles. The molecular formula is C14H21NO4. The number of nitrogens with zero attached hydrogens (tertiary/aromatic N) is 1. The Morgan fingerprint density at radius 1 is 1.26 bits per heavy atom. The van der Waals surface area contributed by atoms with Gasteiger partial charge in [-0.05, 0) is 31.0 Å². The van der Waals surface area contributed by atoms with Crippen molar-refractivity contribution in [2.45, 2.75) is 20.4 Å². The summed E-state index contributed by atoms with van der Waals surface area (Å²) in [6.07, 6.45) is 0. The van der Waals surface area contributed by atoms with Crippen molar-refractivity contribution in [3.05, 3.63) is 22.8 Å². The molecule has 0 aliphatic rings. The van der Waals surface area contributed by atoms with Crippen molar-refractivity contribution in [2.75, 3.05) is 27.9 Å². The summed E-state index contributed by atoms with van der Waals surface area (Å²) >= 11 is 0. The SMILES string of the molecule is COc1cc(CN(C)C(=O)CO)c(OC)c(C)c1C. The second-order valence-electron chi connectivity index (χ2n) is 4.43. The lowest BCUT2D eigenvalue weighted by atomic mass is 10.0. The zero-order valence-corrected chi connectivity index (χ0v) is 12.1. The minimum Gasteiger partial charge on any atom is -0.496 e. The number of carbonyl (C=O) groups excluding carboxylic acids is 1. The molecule has 5 heteroatoms. The Bertz CT molecular complexity index is 471. The van der Waals surface area contributed by atoms with Gasteiger partial charge < -0.3 is 19.5 Å². The second-order valence-corrected chi connectivity index (χ2v) is 4.43. The predicted molar refractivity (Wildman–Crippen MR) is 72.6 cm³/mol. The van der Waals surface area contributed by atoms with E-state index < -0.39 is 6.61 Å². The molecular weight excluding hydrogens is 246 g/mol. The highest BCUT2D eigenvalue weighted by Gasteiger charge is 2.16. The Balaban J connectivity index is 3.19. The van der Waals surface area contributed by atoms with E-state index in [2.05, 4.69) is 0 Å². The van der Waals surface area contributed by atoms with Gasteiger partial charge >= 0.3 is 0 Å². The molecule has 0 heterocycles. The molecule has 1 aromatic carbocycles. The van der Waals surface area contributed by atoms with E-state index in [-0.39, 0.29) is 5.91 Å². The minimum atomic E-state index is -0.499. The van der Waals surface area contributed by atoms with Gasteiger partial charge in [-0.2, -0.15) is 0 Å². The molecule has 0 aliphatic heterocycles. The largest absolute Gasteiger partial charge is 0.496 e. The summed E-state index contributed by atoms with van der Waals surface area (Å²) in [5.41, 5.74) is 2.85. The maximum atomic E-state index is 11.4. The van der Waals surface area contributed by atoms with E-state index >= 15 is 0 Å². The molecule has 0 aromatic heterocycles. The number of aliphatic hydroxyl groups excluding tert-OH is 1. The van der Waals surface area contributed by atoms with Gasteiger partial charge in [0.1, 0.15) is 18.1 Å². The lowest BCUT2D eigenvalue weighted by Gasteiger charge is -2.21. The van der Waals surface area contributed by atoms with Crippen LogP contribution in [0.4, 0.5) is 0 Å². The van der Waals surface area contributed by atoms with Gasteiger partial charge in [0.15, 0.2) is 0 Å². The Kier molecular flexibility index (Phi) is 5.18. The average Bonchev–Trinajstić information content (AvgIpc) is 2.41. The van der Waals surface area contributed by atoms with E-state index in [0.29, 0.717) is 6.54 Å². The van der Waals surface area contributed by atoms with Gasteiger partial charge in [0.05, 0.1) is 14.2 Å². The van der Waals surface area contributed by atoms with E-state index in [1.807, 2.05) is 19.9 Å². The van der Waals surface area contributed by atoms with Crippen LogP contribution in [0.1, 0.15) is 16.7 Å².